The molecule has 192 valence electrons. The molecule has 2 saturated heterocycles. The van der Waals surface area contributed by atoms with E-state index in [1.165, 1.54) is 0 Å². The molecule has 0 radical (unpaired) electrons. The summed E-state index contributed by atoms with van der Waals surface area (Å²) < 4.78 is 28.9. The molecule has 5 rings (SSSR count). The van der Waals surface area contributed by atoms with Crippen LogP contribution in [0.25, 0.3) is 22.6 Å². The molecule has 4 heterocycles. The average molecular weight is 498 g/mol. The zero-order valence-electron chi connectivity index (χ0n) is 20.7. The Kier molecular flexibility index (Phi) is 7.01. The van der Waals surface area contributed by atoms with Crippen LogP contribution in [0.2, 0.25) is 0 Å². The number of carbonyl (C=O) groups excluding carboxylic acids is 1. The van der Waals surface area contributed by atoms with Crippen LogP contribution in [-0.4, -0.2) is 71.6 Å². The second-order valence-electron chi connectivity index (χ2n) is 8.96. The number of amides is 2. The van der Waals surface area contributed by atoms with Gasteiger partial charge in [0.25, 0.3) is 0 Å². The maximum atomic E-state index is 16.1. The summed E-state index contributed by atoms with van der Waals surface area (Å²) in [5.74, 6) is 1.60. The van der Waals surface area contributed by atoms with Crippen molar-refractivity contribution in [3.8, 4) is 11.4 Å². The topological polar surface area (TPSA) is 106 Å². The first-order chi connectivity index (χ1) is 17.5. The lowest BCUT2D eigenvalue weighted by molar-refractivity contribution is -0.0179. The number of imidazole rings is 1. The Balaban J connectivity index is 1.59. The number of carbonyl (C=O) groups is 1. The fraction of sp³-hybridized carbons (Fsp3) is 0.520. The van der Waals surface area contributed by atoms with Crippen LogP contribution in [0.15, 0.2) is 24.3 Å². The van der Waals surface area contributed by atoms with Gasteiger partial charge in [0, 0.05) is 50.3 Å². The fourth-order valence-electron chi connectivity index (χ4n) is 4.71. The lowest BCUT2D eigenvalue weighted by atomic mass is 9.95. The third-order valence-electron chi connectivity index (χ3n) is 6.63. The molecule has 1 aromatic carbocycles. The number of morpholine rings is 1. The maximum absolute atomic E-state index is 16.1. The van der Waals surface area contributed by atoms with Crippen molar-refractivity contribution in [2.75, 3.05) is 56.3 Å². The number of alkyl halides is 1. The number of aromatic nitrogens is 4. The first kappa shape index (κ1) is 24.4. The summed E-state index contributed by atoms with van der Waals surface area (Å²) in [4.78, 5) is 28.6. The van der Waals surface area contributed by atoms with E-state index in [1.807, 2.05) is 42.7 Å². The Morgan fingerprint density at radius 2 is 1.72 bits per heavy atom. The minimum atomic E-state index is -1.57. The van der Waals surface area contributed by atoms with Gasteiger partial charge in [-0.2, -0.15) is 0 Å². The minimum Gasteiger partial charge on any atom is -0.381 e. The first-order valence-corrected chi connectivity index (χ1v) is 12.6. The monoisotopic (exact) mass is 497 g/mol. The summed E-state index contributed by atoms with van der Waals surface area (Å²) in [6.45, 7) is 8.18. The summed E-state index contributed by atoms with van der Waals surface area (Å²) in [5, 5.41) is 5.51. The second-order valence-corrected chi connectivity index (χ2v) is 8.96. The van der Waals surface area contributed by atoms with Gasteiger partial charge in [0.1, 0.15) is 5.82 Å². The Bertz CT molecular complexity index is 1220. The molecule has 2 aliphatic rings. The number of ether oxygens (including phenoxy) is 2. The summed E-state index contributed by atoms with van der Waals surface area (Å²) in [6.07, 6.45) is 0.535. The van der Waals surface area contributed by atoms with Crippen LogP contribution in [-0.2, 0) is 21.7 Å². The standard InChI is InChI=1S/C25H32FN7O3/c1-3-27-24(34)28-18-7-5-17(6-8-18)20-30-21(32-11-15-36-16-12-32)19-22(31-20)33(4-2)23(29-19)25(26)9-13-35-14-10-25/h5-8H,3-4,9-16H2,1-2H3,(H2,27,28,34). The molecule has 2 aliphatic heterocycles. The van der Waals surface area contributed by atoms with E-state index in [1.54, 1.807) is 0 Å². The number of rotatable bonds is 6. The lowest BCUT2D eigenvalue weighted by Crippen LogP contribution is -2.37. The average Bonchev–Trinajstić information content (AvgIpc) is 3.29. The van der Waals surface area contributed by atoms with E-state index in [2.05, 4.69) is 15.5 Å². The number of hydrogen-bond donors (Lipinski definition) is 2. The van der Waals surface area contributed by atoms with Crippen molar-refractivity contribution >= 4 is 28.7 Å². The lowest BCUT2D eigenvalue weighted by Gasteiger charge is -2.29. The van der Waals surface area contributed by atoms with Gasteiger partial charge in [-0.3, -0.25) is 0 Å². The van der Waals surface area contributed by atoms with Crippen molar-refractivity contribution in [3.63, 3.8) is 0 Å². The van der Waals surface area contributed by atoms with Gasteiger partial charge < -0.3 is 29.6 Å². The van der Waals surface area contributed by atoms with E-state index in [-0.39, 0.29) is 18.9 Å². The molecule has 2 amide bonds. The van der Waals surface area contributed by atoms with Crippen LogP contribution >= 0.6 is 0 Å². The Morgan fingerprint density at radius 1 is 1.03 bits per heavy atom. The number of nitrogens with zero attached hydrogens (tertiary/aromatic N) is 5. The van der Waals surface area contributed by atoms with E-state index >= 15 is 4.39 Å². The van der Waals surface area contributed by atoms with E-state index in [4.69, 9.17) is 24.4 Å². The molecule has 0 saturated carbocycles. The third-order valence-corrected chi connectivity index (χ3v) is 6.63. The fourth-order valence-corrected chi connectivity index (χ4v) is 4.71. The van der Waals surface area contributed by atoms with Crippen LogP contribution in [0.1, 0.15) is 32.5 Å². The van der Waals surface area contributed by atoms with Gasteiger partial charge in [-0.15, -0.1) is 0 Å². The quantitative estimate of drug-likeness (QED) is 0.537. The molecule has 0 atom stereocenters. The highest BCUT2D eigenvalue weighted by atomic mass is 19.1. The zero-order valence-corrected chi connectivity index (χ0v) is 20.7. The predicted molar refractivity (Wildman–Crippen MR) is 135 cm³/mol. The molecule has 2 aromatic heterocycles. The van der Waals surface area contributed by atoms with Gasteiger partial charge in [-0.1, -0.05) is 0 Å². The Labute approximate surface area is 209 Å². The van der Waals surface area contributed by atoms with Crippen molar-refractivity contribution < 1.29 is 18.7 Å². The smallest absolute Gasteiger partial charge is 0.319 e. The maximum Gasteiger partial charge on any atom is 0.319 e. The van der Waals surface area contributed by atoms with Gasteiger partial charge in [-0.05, 0) is 38.1 Å². The number of benzene rings is 1. The Morgan fingerprint density at radius 3 is 2.39 bits per heavy atom. The van der Waals surface area contributed by atoms with Crippen molar-refractivity contribution in [2.24, 2.45) is 0 Å². The van der Waals surface area contributed by atoms with Crippen LogP contribution in [0, 0.1) is 0 Å². The SMILES string of the molecule is CCNC(=O)Nc1ccc(-c2nc(N3CCOCC3)c3nc(C4(F)CCOCC4)n(CC)c3n2)cc1. The second kappa shape index (κ2) is 10.4. The summed E-state index contributed by atoms with van der Waals surface area (Å²) >= 11 is 0. The molecule has 0 spiro atoms. The van der Waals surface area contributed by atoms with Gasteiger partial charge in [0.2, 0.25) is 0 Å². The number of fused-ring (bicyclic) bond motifs is 1. The highest BCUT2D eigenvalue weighted by Crippen LogP contribution is 2.39. The highest BCUT2D eigenvalue weighted by Gasteiger charge is 2.40. The van der Waals surface area contributed by atoms with Crippen LogP contribution in [0.4, 0.5) is 20.7 Å². The van der Waals surface area contributed by atoms with Gasteiger partial charge >= 0.3 is 6.03 Å². The van der Waals surface area contributed by atoms with Gasteiger partial charge in [0.15, 0.2) is 28.5 Å². The highest BCUT2D eigenvalue weighted by molar-refractivity contribution is 5.90. The molecule has 10 nitrogen and oxygen atoms in total. The van der Waals surface area contributed by atoms with E-state index in [0.717, 1.165) is 5.56 Å². The van der Waals surface area contributed by atoms with Crippen molar-refractivity contribution in [3.05, 3.63) is 30.1 Å². The number of anilines is 2. The number of aryl methyl sites for hydroxylation is 1. The molecule has 36 heavy (non-hydrogen) atoms. The molecule has 3 aromatic rings. The summed E-state index contributed by atoms with van der Waals surface area (Å²) in [5.41, 5.74) is 1.12. The van der Waals surface area contributed by atoms with Crippen LogP contribution in [0.5, 0.6) is 0 Å². The van der Waals surface area contributed by atoms with E-state index in [0.29, 0.717) is 86.9 Å². The van der Waals surface area contributed by atoms with Crippen molar-refractivity contribution in [1.29, 1.82) is 0 Å². The molecule has 11 heteroatoms. The van der Waals surface area contributed by atoms with E-state index < -0.39 is 5.67 Å². The summed E-state index contributed by atoms with van der Waals surface area (Å²) in [6, 6.07) is 7.11. The van der Waals surface area contributed by atoms with Crippen LogP contribution < -0.4 is 15.5 Å². The zero-order chi connectivity index (χ0) is 25.1. The van der Waals surface area contributed by atoms with Crippen molar-refractivity contribution in [2.45, 2.75) is 38.9 Å². The molecule has 2 fully saturated rings. The number of hydrogen-bond acceptors (Lipinski definition) is 7. The van der Waals surface area contributed by atoms with Crippen LogP contribution in [0.3, 0.4) is 0 Å². The molecule has 2 N–H and O–H groups in total. The van der Waals surface area contributed by atoms with Gasteiger partial charge in [-0.25, -0.2) is 24.1 Å². The molecule has 0 unspecified atom stereocenters. The largest absolute Gasteiger partial charge is 0.381 e. The molecular formula is C25H32FN7O3. The third kappa shape index (κ3) is 4.72. The minimum absolute atomic E-state index is 0.259. The van der Waals surface area contributed by atoms with Gasteiger partial charge in [0.05, 0.1) is 26.4 Å². The number of urea groups is 1. The molecular weight excluding hydrogens is 465 g/mol. The number of nitrogens with one attached hydrogen (secondary N) is 2. The normalized spacial score (nSPS) is 17.8. The first-order valence-electron chi connectivity index (χ1n) is 12.6. The Hall–Kier alpha value is -3.31. The van der Waals surface area contributed by atoms with E-state index in [9.17, 15) is 4.79 Å². The van der Waals surface area contributed by atoms with Crippen molar-refractivity contribution in [1.82, 2.24) is 24.8 Å². The summed E-state index contributed by atoms with van der Waals surface area (Å²) in [7, 11) is 0. The predicted octanol–water partition coefficient (Wildman–Crippen LogP) is 3.47. The molecule has 0 bridgehead atoms. The number of halogens is 1. The molecule has 0 aliphatic carbocycles.